The van der Waals surface area contributed by atoms with Gasteiger partial charge >= 0.3 is 0 Å². The Balaban J connectivity index is 2.91. The molecule has 0 aromatic heterocycles. The topological polar surface area (TPSA) is 77.8 Å². The second kappa shape index (κ2) is 4.13. The van der Waals surface area contributed by atoms with E-state index in [0.717, 1.165) is 0 Å². The van der Waals surface area contributed by atoms with Gasteiger partial charge in [-0.05, 0) is 32.4 Å². The van der Waals surface area contributed by atoms with Crippen LogP contribution < -0.4 is 0 Å². The number of carbonyl (C=O) groups is 1. The molecule has 0 unspecified atom stereocenters. The van der Waals surface area contributed by atoms with Crippen molar-refractivity contribution >= 4 is 5.78 Å². The van der Waals surface area contributed by atoms with E-state index in [1.807, 2.05) is 0 Å². The lowest BCUT2D eigenvalue weighted by molar-refractivity contribution is -0.134. The third-order valence-corrected chi connectivity index (χ3v) is 2.49. The quantitative estimate of drug-likeness (QED) is 0.634. The molecule has 3 N–H and O–H groups in total. The average molecular weight is 226 g/mol. The van der Waals surface area contributed by atoms with Crippen LogP contribution in [0.5, 0.6) is 0 Å². The third kappa shape index (κ3) is 3.27. The zero-order valence-corrected chi connectivity index (χ0v) is 9.77. The highest BCUT2D eigenvalue weighted by molar-refractivity contribution is 5.98. The van der Waals surface area contributed by atoms with Crippen LogP contribution in [0.4, 0.5) is 0 Å². The second-order valence-corrected chi connectivity index (χ2v) is 4.99. The van der Waals surface area contributed by atoms with Crippen molar-refractivity contribution in [2.45, 2.75) is 44.5 Å². The maximum absolute atomic E-state index is 11.5. The molecule has 0 heterocycles. The summed E-state index contributed by atoms with van der Waals surface area (Å²) >= 11 is 0. The first-order valence-electron chi connectivity index (χ1n) is 5.20. The number of hydrogen-bond donors (Lipinski definition) is 3. The molecule has 1 aliphatic rings. The van der Waals surface area contributed by atoms with Crippen molar-refractivity contribution in [2.75, 3.05) is 0 Å². The zero-order chi connectivity index (χ0) is 12.6. The van der Waals surface area contributed by atoms with Crippen molar-refractivity contribution in [1.82, 2.24) is 0 Å². The van der Waals surface area contributed by atoms with E-state index in [9.17, 15) is 20.1 Å². The number of rotatable bonds is 2. The monoisotopic (exact) mass is 226 g/mol. The van der Waals surface area contributed by atoms with E-state index in [0.29, 0.717) is 5.57 Å². The van der Waals surface area contributed by atoms with E-state index >= 15 is 0 Å². The number of hydrogen-bond acceptors (Lipinski definition) is 4. The standard InChI is InChI=1S/C12H18O4/c1-11(2,15)5-4-8-6-10(14)12(3,16)7-9(8)13/h4-6,9,13,15-16H,7H2,1-3H3/b5-4+/t9-,12-/m1/s1. The van der Waals surface area contributed by atoms with Gasteiger partial charge in [-0.15, -0.1) is 0 Å². The Kier molecular flexibility index (Phi) is 3.38. The molecule has 0 amide bonds. The molecule has 0 saturated heterocycles. The van der Waals surface area contributed by atoms with E-state index in [-0.39, 0.29) is 6.42 Å². The molecule has 4 nitrogen and oxygen atoms in total. The highest BCUT2D eigenvalue weighted by Crippen LogP contribution is 2.26. The lowest BCUT2D eigenvalue weighted by Gasteiger charge is -2.29. The fourth-order valence-corrected chi connectivity index (χ4v) is 1.46. The van der Waals surface area contributed by atoms with Gasteiger partial charge in [-0.25, -0.2) is 0 Å². The molecule has 0 radical (unpaired) electrons. The summed E-state index contributed by atoms with van der Waals surface area (Å²) in [6, 6.07) is 0. The molecule has 4 heteroatoms. The highest BCUT2D eigenvalue weighted by Gasteiger charge is 2.36. The molecule has 90 valence electrons. The Labute approximate surface area is 94.9 Å². The SMILES string of the molecule is CC(C)(O)/C=C/C1=CC(=O)[C@](C)(O)C[C@H]1O. The van der Waals surface area contributed by atoms with Crippen LogP contribution >= 0.6 is 0 Å². The van der Waals surface area contributed by atoms with Gasteiger partial charge in [0.2, 0.25) is 0 Å². The molecule has 0 spiro atoms. The molecule has 0 saturated carbocycles. The Morgan fingerprint density at radius 3 is 2.62 bits per heavy atom. The maximum atomic E-state index is 11.5. The molecular formula is C12H18O4. The van der Waals surface area contributed by atoms with Gasteiger partial charge in [-0.2, -0.15) is 0 Å². The van der Waals surface area contributed by atoms with E-state index in [4.69, 9.17) is 0 Å². The van der Waals surface area contributed by atoms with E-state index in [1.54, 1.807) is 13.8 Å². The van der Waals surface area contributed by atoms with Gasteiger partial charge in [0.25, 0.3) is 0 Å². The fraction of sp³-hybridized carbons (Fsp3) is 0.583. The predicted molar refractivity (Wildman–Crippen MR) is 59.8 cm³/mol. The highest BCUT2D eigenvalue weighted by atomic mass is 16.3. The minimum Gasteiger partial charge on any atom is -0.388 e. The number of carbonyl (C=O) groups excluding carboxylic acids is 1. The zero-order valence-electron chi connectivity index (χ0n) is 9.77. The minimum atomic E-state index is -1.49. The maximum Gasteiger partial charge on any atom is 0.187 e. The van der Waals surface area contributed by atoms with Crippen LogP contribution in [-0.4, -0.2) is 38.4 Å². The van der Waals surface area contributed by atoms with Crippen LogP contribution in [0.3, 0.4) is 0 Å². The first-order valence-corrected chi connectivity index (χ1v) is 5.20. The van der Waals surface area contributed by atoms with Gasteiger partial charge < -0.3 is 15.3 Å². The van der Waals surface area contributed by atoms with Gasteiger partial charge in [0, 0.05) is 6.42 Å². The van der Waals surface area contributed by atoms with Crippen molar-refractivity contribution in [2.24, 2.45) is 0 Å². The summed E-state index contributed by atoms with van der Waals surface area (Å²) in [7, 11) is 0. The summed E-state index contributed by atoms with van der Waals surface area (Å²) in [5.41, 5.74) is -2.08. The molecular weight excluding hydrogens is 208 g/mol. The van der Waals surface area contributed by atoms with Crippen LogP contribution in [0.1, 0.15) is 27.2 Å². The Morgan fingerprint density at radius 1 is 1.56 bits per heavy atom. The molecule has 0 aromatic carbocycles. The van der Waals surface area contributed by atoms with Crippen LogP contribution in [0, 0.1) is 0 Å². The van der Waals surface area contributed by atoms with Crippen molar-refractivity contribution in [3.8, 4) is 0 Å². The van der Waals surface area contributed by atoms with Crippen molar-refractivity contribution in [3.63, 3.8) is 0 Å². The first kappa shape index (κ1) is 13.1. The van der Waals surface area contributed by atoms with E-state index in [1.165, 1.54) is 25.2 Å². The molecule has 16 heavy (non-hydrogen) atoms. The van der Waals surface area contributed by atoms with Gasteiger partial charge in [0.15, 0.2) is 5.78 Å². The van der Waals surface area contributed by atoms with Gasteiger partial charge in [0.1, 0.15) is 5.60 Å². The van der Waals surface area contributed by atoms with E-state index in [2.05, 4.69) is 0 Å². The van der Waals surface area contributed by atoms with Gasteiger partial charge in [-0.1, -0.05) is 12.2 Å². The Hall–Kier alpha value is -0.970. The Morgan fingerprint density at radius 2 is 2.12 bits per heavy atom. The average Bonchev–Trinajstić information content (AvgIpc) is 2.07. The largest absolute Gasteiger partial charge is 0.388 e. The normalized spacial score (nSPS) is 32.0. The van der Waals surface area contributed by atoms with Crippen molar-refractivity contribution in [3.05, 3.63) is 23.8 Å². The summed E-state index contributed by atoms with van der Waals surface area (Å²) in [4.78, 5) is 11.5. The number of aliphatic hydroxyl groups is 3. The second-order valence-electron chi connectivity index (χ2n) is 4.99. The smallest absolute Gasteiger partial charge is 0.187 e. The molecule has 1 aliphatic carbocycles. The van der Waals surface area contributed by atoms with Crippen LogP contribution in [0.25, 0.3) is 0 Å². The molecule has 0 aromatic rings. The Bertz CT molecular complexity index is 345. The first-order chi connectivity index (χ1) is 7.12. The minimum absolute atomic E-state index is 0.0200. The molecule has 0 bridgehead atoms. The molecule has 2 atom stereocenters. The predicted octanol–water partition coefficient (Wildman–Crippen LogP) is 0.325. The number of ketones is 1. The lowest BCUT2D eigenvalue weighted by Crippen LogP contribution is -2.41. The van der Waals surface area contributed by atoms with Crippen LogP contribution in [0.15, 0.2) is 23.8 Å². The summed E-state index contributed by atoms with van der Waals surface area (Å²) in [6.07, 6.45) is 3.32. The van der Waals surface area contributed by atoms with Crippen LogP contribution in [-0.2, 0) is 4.79 Å². The van der Waals surface area contributed by atoms with Crippen molar-refractivity contribution in [1.29, 1.82) is 0 Å². The lowest BCUT2D eigenvalue weighted by atomic mass is 9.83. The van der Waals surface area contributed by atoms with Crippen molar-refractivity contribution < 1.29 is 20.1 Å². The summed E-state index contributed by atoms with van der Waals surface area (Å²) < 4.78 is 0. The van der Waals surface area contributed by atoms with Crippen LogP contribution in [0.2, 0.25) is 0 Å². The molecule has 1 rings (SSSR count). The summed E-state index contributed by atoms with van der Waals surface area (Å²) in [5, 5.41) is 28.8. The van der Waals surface area contributed by atoms with Gasteiger partial charge in [0.05, 0.1) is 11.7 Å². The van der Waals surface area contributed by atoms with E-state index < -0.39 is 23.1 Å². The summed E-state index contributed by atoms with van der Waals surface area (Å²) in [5.74, 6) is -0.423. The number of aliphatic hydroxyl groups excluding tert-OH is 1. The summed E-state index contributed by atoms with van der Waals surface area (Å²) in [6.45, 7) is 4.57. The van der Waals surface area contributed by atoms with Gasteiger partial charge in [-0.3, -0.25) is 4.79 Å². The third-order valence-electron chi connectivity index (χ3n) is 2.49. The molecule has 0 aliphatic heterocycles. The molecule has 0 fully saturated rings. The fourth-order valence-electron chi connectivity index (χ4n) is 1.46.